The van der Waals surface area contributed by atoms with Gasteiger partial charge in [0.25, 0.3) is 0 Å². The first-order valence-corrected chi connectivity index (χ1v) is 10.9. The number of rotatable bonds is 2. The molecule has 144 valence electrons. The van der Waals surface area contributed by atoms with E-state index in [9.17, 15) is 0 Å². The maximum absolute atomic E-state index is 8.78. The van der Waals surface area contributed by atoms with Crippen molar-refractivity contribution in [2.75, 3.05) is 0 Å². The first kappa shape index (κ1) is 16.8. The minimum atomic E-state index is 0.470. The fraction of sp³-hybridized carbons (Fsp3) is 0.444. The molecule has 0 unspecified atom stereocenters. The van der Waals surface area contributed by atoms with E-state index in [1.54, 1.807) is 11.1 Å². The highest BCUT2D eigenvalue weighted by molar-refractivity contribution is 5.94. The van der Waals surface area contributed by atoms with Crippen molar-refractivity contribution in [3.05, 3.63) is 64.3 Å². The number of aromatic nitrogens is 1. The first-order valence-electron chi connectivity index (χ1n) is 11.4. The largest absolute Gasteiger partial charge is 0.220 e. The summed E-state index contributed by atoms with van der Waals surface area (Å²) in [5, 5.41) is 2.29. The van der Waals surface area contributed by atoms with Gasteiger partial charge in [0.15, 0.2) is 5.69 Å². The fourth-order valence-corrected chi connectivity index (χ4v) is 5.61. The quantitative estimate of drug-likeness (QED) is 0.435. The Hall–Kier alpha value is -2.15. The van der Waals surface area contributed by atoms with E-state index in [-0.39, 0.29) is 0 Å². The summed E-state index contributed by atoms with van der Waals surface area (Å²) in [7, 11) is 2.13. The highest BCUT2D eigenvalue weighted by atomic mass is 14.9. The molecule has 1 heteroatoms. The van der Waals surface area contributed by atoms with Crippen LogP contribution in [-0.4, -0.2) is 0 Å². The lowest BCUT2D eigenvalue weighted by atomic mass is 9.66. The Bertz CT molecular complexity index is 1130. The molecule has 1 saturated carbocycles. The van der Waals surface area contributed by atoms with Gasteiger partial charge in [0.1, 0.15) is 7.05 Å². The highest BCUT2D eigenvalue weighted by Crippen LogP contribution is 2.50. The second-order valence-electron chi connectivity index (χ2n) is 9.42. The van der Waals surface area contributed by atoms with Gasteiger partial charge < -0.3 is 0 Å². The van der Waals surface area contributed by atoms with Crippen LogP contribution in [0.1, 0.15) is 86.6 Å². The van der Waals surface area contributed by atoms with Gasteiger partial charge in [-0.15, -0.1) is 0 Å². The molecule has 0 saturated heterocycles. The second-order valence-corrected chi connectivity index (χ2v) is 9.42. The van der Waals surface area contributed by atoms with E-state index in [1.165, 1.54) is 53.5 Å². The van der Waals surface area contributed by atoms with E-state index >= 15 is 0 Å². The van der Waals surface area contributed by atoms with Crippen LogP contribution in [0.25, 0.3) is 22.0 Å². The van der Waals surface area contributed by atoms with E-state index in [0.717, 1.165) is 22.9 Å². The number of nitrogens with zero attached hydrogens (tertiary/aromatic N) is 1. The van der Waals surface area contributed by atoms with Crippen molar-refractivity contribution in [2.45, 2.75) is 71.1 Å². The monoisotopic (exact) mass is 371 g/mol. The molecule has 0 N–H and O–H groups in total. The average Bonchev–Trinajstić information content (AvgIpc) is 2.73. The fourth-order valence-electron chi connectivity index (χ4n) is 5.61. The normalized spacial score (nSPS) is 21.3. The average molecular weight is 372 g/mol. The number of hydrogen-bond acceptors (Lipinski definition) is 0. The third-order valence-electron chi connectivity index (χ3n) is 7.41. The Labute approximate surface area is 170 Å². The van der Waals surface area contributed by atoms with Crippen molar-refractivity contribution >= 4 is 10.8 Å². The molecule has 0 amide bonds. The summed E-state index contributed by atoms with van der Waals surface area (Å²) < 4.78 is 11.0. The maximum Gasteiger partial charge on any atom is 0.220 e. The van der Waals surface area contributed by atoms with Gasteiger partial charge in [-0.05, 0) is 90.1 Å². The Morgan fingerprint density at radius 2 is 1.61 bits per heavy atom. The molecule has 28 heavy (non-hydrogen) atoms. The topological polar surface area (TPSA) is 3.88 Å². The van der Waals surface area contributed by atoms with Gasteiger partial charge in [-0.25, -0.2) is 0 Å². The lowest BCUT2D eigenvalue weighted by molar-refractivity contribution is -0.665. The van der Waals surface area contributed by atoms with E-state index in [0.29, 0.717) is 12.0 Å². The molecule has 1 heterocycles. The lowest BCUT2D eigenvalue weighted by Gasteiger charge is -2.38. The van der Waals surface area contributed by atoms with Crippen molar-refractivity contribution < 1.29 is 5.94 Å². The summed E-state index contributed by atoms with van der Waals surface area (Å²) >= 11 is 0. The standard InChI is InChI=1S/C27H32N/c1-16(2)21-10-11-23-22(14-21)13-18(4)28(5)27(23)24-15-26-20-8-6-19(7-9-20)25(26)12-17(24)3/h10-16,19-20H,6-9H2,1-5H3/q+1/i13D. The molecule has 3 aromatic rings. The summed E-state index contributed by atoms with van der Waals surface area (Å²) in [6.07, 6.45) is 5.46. The molecule has 0 radical (unpaired) electrons. The molecule has 1 nitrogen and oxygen atoms in total. The molecule has 0 spiro atoms. The van der Waals surface area contributed by atoms with Gasteiger partial charge in [0.2, 0.25) is 5.69 Å². The van der Waals surface area contributed by atoms with Gasteiger partial charge in [0.05, 0.1) is 12.3 Å². The summed E-state index contributed by atoms with van der Waals surface area (Å²) in [5.41, 5.74) is 9.56. The molecule has 6 rings (SSSR count). The number of pyridine rings is 1. The predicted molar refractivity (Wildman–Crippen MR) is 118 cm³/mol. The van der Waals surface area contributed by atoms with Crippen LogP contribution in [0.2, 0.25) is 0 Å². The Kier molecular flexibility index (Phi) is 3.86. The SMILES string of the molecule is [2H]c1c(C)[n+](C)c(-c2cc3c(cc2C)C2CCC3CC2)c2ccc(C(C)C)cc12. The predicted octanol–water partition coefficient (Wildman–Crippen LogP) is 6.83. The molecule has 2 bridgehead atoms. The summed E-state index contributed by atoms with van der Waals surface area (Å²) in [6.45, 7) is 8.81. The second kappa shape index (κ2) is 6.44. The van der Waals surface area contributed by atoms with Gasteiger partial charge in [0, 0.05) is 13.0 Å². The molecule has 3 aliphatic rings. The molecule has 2 aromatic carbocycles. The number of benzene rings is 2. The van der Waals surface area contributed by atoms with Crippen LogP contribution in [0.5, 0.6) is 0 Å². The Balaban J connectivity index is 1.81. The smallest absolute Gasteiger partial charge is 0.198 e. The number of aryl methyl sites for hydroxylation is 1. The number of hydrogen-bond donors (Lipinski definition) is 0. The molecule has 1 aromatic heterocycles. The van der Waals surface area contributed by atoms with Crippen molar-refractivity contribution in [2.24, 2.45) is 7.05 Å². The van der Waals surface area contributed by atoms with Crippen LogP contribution < -0.4 is 4.57 Å². The van der Waals surface area contributed by atoms with Gasteiger partial charge in [-0.2, -0.15) is 4.57 Å². The van der Waals surface area contributed by atoms with E-state index in [2.05, 4.69) is 69.6 Å². The van der Waals surface area contributed by atoms with Crippen LogP contribution in [0, 0.1) is 13.8 Å². The Morgan fingerprint density at radius 3 is 2.25 bits per heavy atom. The van der Waals surface area contributed by atoms with Crippen molar-refractivity contribution in [3.8, 4) is 11.3 Å². The zero-order valence-corrected chi connectivity index (χ0v) is 17.9. The zero-order chi connectivity index (χ0) is 20.4. The van der Waals surface area contributed by atoms with E-state index < -0.39 is 0 Å². The number of fused-ring (bicyclic) bond motifs is 3. The van der Waals surface area contributed by atoms with Crippen molar-refractivity contribution in [1.29, 1.82) is 0 Å². The molecule has 1 fully saturated rings. The Morgan fingerprint density at radius 1 is 0.964 bits per heavy atom. The van der Waals surface area contributed by atoms with Crippen LogP contribution in [-0.2, 0) is 7.05 Å². The zero-order valence-electron chi connectivity index (χ0n) is 18.9. The molecule has 0 aliphatic heterocycles. The molecular formula is C27H32N+. The van der Waals surface area contributed by atoms with Crippen LogP contribution in [0.15, 0.2) is 36.4 Å². The highest BCUT2D eigenvalue weighted by Gasteiger charge is 2.34. The minimum Gasteiger partial charge on any atom is -0.198 e. The molecule has 0 atom stereocenters. The van der Waals surface area contributed by atoms with Gasteiger partial charge >= 0.3 is 0 Å². The van der Waals surface area contributed by atoms with Crippen LogP contribution >= 0.6 is 0 Å². The maximum atomic E-state index is 8.78. The van der Waals surface area contributed by atoms with Crippen LogP contribution in [0.4, 0.5) is 0 Å². The van der Waals surface area contributed by atoms with Gasteiger partial charge in [-0.1, -0.05) is 32.0 Å². The van der Waals surface area contributed by atoms with E-state index in [1.807, 2.05) is 0 Å². The van der Waals surface area contributed by atoms with E-state index in [4.69, 9.17) is 1.37 Å². The lowest BCUT2D eigenvalue weighted by Crippen LogP contribution is -2.35. The molecular weight excluding hydrogens is 338 g/mol. The third-order valence-corrected chi connectivity index (χ3v) is 7.41. The minimum absolute atomic E-state index is 0.470. The van der Waals surface area contributed by atoms with Crippen molar-refractivity contribution in [1.82, 2.24) is 0 Å². The first-order chi connectivity index (χ1) is 13.9. The van der Waals surface area contributed by atoms with Gasteiger partial charge in [-0.3, -0.25) is 0 Å². The summed E-state index contributed by atoms with van der Waals surface area (Å²) in [4.78, 5) is 0. The van der Waals surface area contributed by atoms with Crippen LogP contribution in [0.3, 0.4) is 0 Å². The van der Waals surface area contributed by atoms with Crippen molar-refractivity contribution in [3.63, 3.8) is 0 Å². The summed E-state index contributed by atoms with van der Waals surface area (Å²) in [5.74, 6) is 1.99. The molecule has 3 aliphatic carbocycles. The summed E-state index contributed by atoms with van der Waals surface area (Å²) in [6, 6.07) is 12.4. The third kappa shape index (κ3) is 2.63.